The molecule has 0 aromatic carbocycles. The van der Waals surface area contributed by atoms with Gasteiger partial charge in [-0.3, -0.25) is 0 Å². The molecule has 2 aliphatic rings. The van der Waals surface area contributed by atoms with Crippen LogP contribution in [0.4, 0.5) is 0 Å². The fourth-order valence-electron chi connectivity index (χ4n) is 1.93. The monoisotopic (exact) mass is 193 g/mol. The molecule has 14 heavy (non-hydrogen) atoms. The lowest BCUT2D eigenvalue weighted by Crippen LogP contribution is -2.10. The number of nitrogens with zero attached hydrogens (tertiary/aromatic N) is 1. The van der Waals surface area contributed by atoms with Gasteiger partial charge in [-0.15, -0.1) is 0 Å². The fourth-order valence-corrected chi connectivity index (χ4v) is 1.93. The number of hydrogen-bond acceptors (Lipinski definition) is 3. The molecular weight excluding hydrogens is 178 g/mol. The molecule has 1 aliphatic heterocycles. The molecule has 76 valence electrons. The number of oxazole rings is 1. The molecule has 0 N–H and O–H groups in total. The minimum atomic E-state index is 0.170. The number of rotatable bonds is 2. The molecular formula is C11H15NO2. The molecule has 1 aliphatic carbocycles. The van der Waals surface area contributed by atoms with Gasteiger partial charge in [0, 0.05) is 12.5 Å². The van der Waals surface area contributed by atoms with E-state index in [0.29, 0.717) is 5.92 Å². The molecule has 0 bridgehead atoms. The second-order valence-corrected chi connectivity index (χ2v) is 4.23. The number of ether oxygens (including phenoxy) is 1. The van der Waals surface area contributed by atoms with Gasteiger partial charge in [0.2, 0.25) is 0 Å². The van der Waals surface area contributed by atoms with Crippen LogP contribution in [0.25, 0.3) is 0 Å². The van der Waals surface area contributed by atoms with Gasteiger partial charge in [-0.1, -0.05) is 0 Å². The van der Waals surface area contributed by atoms with E-state index < -0.39 is 0 Å². The first-order valence-corrected chi connectivity index (χ1v) is 5.51. The molecule has 1 saturated heterocycles. The standard InChI is InChI=1S/C11H15NO2/c1-2-6-13-9(3-1)10-7-12-11(14-10)8-4-5-8/h7-9H,1-6H2/t9-/m0/s1. The lowest BCUT2D eigenvalue weighted by Gasteiger charge is -2.19. The Morgan fingerprint density at radius 1 is 1.21 bits per heavy atom. The highest BCUT2D eigenvalue weighted by molar-refractivity contribution is 5.06. The predicted octanol–water partition coefficient (Wildman–Crippen LogP) is 2.79. The maximum atomic E-state index is 5.71. The van der Waals surface area contributed by atoms with Crippen molar-refractivity contribution < 1.29 is 9.15 Å². The molecule has 3 heteroatoms. The Hall–Kier alpha value is -0.830. The van der Waals surface area contributed by atoms with Crippen molar-refractivity contribution in [1.82, 2.24) is 4.98 Å². The molecule has 0 radical (unpaired) electrons. The Balaban J connectivity index is 1.74. The minimum absolute atomic E-state index is 0.170. The van der Waals surface area contributed by atoms with Gasteiger partial charge in [0.25, 0.3) is 0 Å². The molecule has 3 nitrogen and oxygen atoms in total. The summed E-state index contributed by atoms with van der Waals surface area (Å²) in [7, 11) is 0. The van der Waals surface area contributed by atoms with E-state index >= 15 is 0 Å². The molecule has 1 aromatic rings. The Bertz CT molecular complexity index is 311. The zero-order valence-electron chi connectivity index (χ0n) is 8.24. The Kier molecular flexibility index (Phi) is 2.05. The second kappa shape index (κ2) is 3.39. The quantitative estimate of drug-likeness (QED) is 0.724. The van der Waals surface area contributed by atoms with Crippen LogP contribution in [-0.2, 0) is 4.74 Å². The van der Waals surface area contributed by atoms with Crippen molar-refractivity contribution in [2.24, 2.45) is 0 Å². The summed E-state index contributed by atoms with van der Waals surface area (Å²) in [6, 6.07) is 0. The van der Waals surface area contributed by atoms with Crippen molar-refractivity contribution in [3.8, 4) is 0 Å². The maximum Gasteiger partial charge on any atom is 0.197 e. The molecule has 0 amide bonds. The van der Waals surface area contributed by atoms with Gasteiger partial charge < -0.3 is 9.15 Å². The van der Waals surface area contributed by atoms with Crippen LogP contribution in [0, 0.1) is 0 Å². The van der Waals surface area contributed by atoms with E-state index in [2.05, 4.69) is 4.98 Å². The molecule has 2 fully saturated rings. The largest absolute Gasteiger partial charge is 0.443 e. The third kappa shape index (κ3) is 1.57. The highest BCUT2D eigenvalue weighted by Gasteiger charge is 2.30. The summed E-state index contributed by atoms with van der Waals surface area (Å²) < 4.78 is 11.4. The van der Waals surface area contributed by atoms with Crippen molar-refractivity contribution in [2.75, 3.05) is 6.61 Å². The smallest absolute Gasteiger partial charge is 0.197 e. The first-order chi connectivity index (χ1) is 6.93. The van der Waals surface area contributed by atoms with Crippen molar-refractivity contribution in [2.45, 2.75) is 44.1 Å². The third-order valence-corrected chi connectivity index (χ3v) is 2.97. The summed E-state index contributed by atoms with van der Waals surface area (Å²) in [5.41, 5.74) is 0. The van der Waals surface area contributed by atoms with Crippen LogP contribution in [0.15, 0.2) is 10.6 Å². The van der Waals surface area contributed by atoms with Gasteiger partial charge >= 0.3 is 0 Å². The highest BCUT2D eigenvalue weighted by atomic mass is 16.5. The first kappa shape index (κ1) is 8.48. The molecule has 3 rings (SSSR count). The summed E-state index contributed by atoms with van der Waals surface area (Å²) in [5.74, 6) is 2.47. The Morgan fingerprint density at radius 3 is 2.86 bits per heavy atom. The summed E-state index contributed by atoms with van der Waals surface area (Å²) in [6.45, 7) is 0.865. The minimum Gasteiger partial charge on any atom is -0.443 e. The van der Waals surface area contributed by atoms with Crippen molar-refractivity contribution in [1.29, 1.82) is 0 Å². The highest BCUT2D eigenvalue weighted by Crippen LogP contribution is 2.40. The fraction of sp³-hybridized carbons (Fsp3) is 0.727. The van der Waals surface area contributed by atoms with Crippen molar-refractivity contribution >= 4 is 0 Å². The van der Waals surface area contributed by atoms with Crippen LogP contribution in [0.3, 0.4) is 0 Å². The average molecular weight is 193 g/mol. The third-order valence-electron chi connectivity index (χ3n) is 2.97. The van der Waals surface area contributed by atoms with Crippen LogP contribution in [0.5, 0.6) is 0 Å². The zero-order chi connectivity index (χ0) is 9.38. The van der Waals surface area contributed by atoms with Crippen molar-refractivity contribution in [3.05, 3.63) is 17.8 Å². The summed E-state index contributed by atoms with van der Waals surface area (Å²) >= 11 is 0. The molecule has 0 unspecified atom stereocenters. The Morgan fingerprint density at radius 2 is 2.14 bits per heavy atom. The second-order valence-electron chi connectivity index (χ2n) is 4.23. The zero-order valence-corrected chi connectivity index (χ0v) is 8.24. The maximum absolute atomic E-state index is 5.71. The van der Waals surface area contributed by atoms with Crippen LogP contribution in [0.1, 0.15) is 55.8 Å². The Labute approximate surface area is 83.5 Å². The summed E-state index contributed by atoms with van der Waals surface area (Å²) in [6.07, 6.45) is 8.01. The van der Waals surface area contributed by atoms with Gasteiger partial charge in [0.1, 0.15) is 6.10 Å². The van der Waals surface area contributed by atoms with Gasteiger partial charge in [-0.2, -0.15) is 0 Å². The first-order valence-electron chi connectivity index (χ1n) is 5.51. The number of hydrogen-bond donors (Lipinski definition) is 0. The van der Waals surface area contributed by atoms with Crippen LogP contribution >= 0.6 is 0 Å². The average Bonchev–Trinajstić information content (AvgIpc) is 2.98. The topological polar surface area (TPSA) is 35.3 Å². The van der Waals surface area contributed by atoms with E-state index in [1.807, 2.05) is 6.20 Å². The van der Waals surface area contributed by atoms with Gasteiger partial charge in [-0.25, -0.2) is 4.98 Å². The van der Waals surface area contributed by atoms with E-state index in [9.17, 15) is 0 Å². The number of aromatic nitrogens is 1. The normalized spacial score (nSPS) is 27.9. The van der Waals surface area contributed by atoms with E-state index in [1.54, 1.807) is 0 Å². The van der Waals surface area contributed by atoms with E-state index in [1.165, 1.54) is 25.7 Å². The summed E-state index contributed by atoms with van der Waals surface area (Å²) in [5, 5.41) is 0. The molecule has 1 saturated carbocycles. The molecule has 1 aromatic heterocycles. The lowest BCUT2D eigenvalue weighted by molar-refractivity contribution is 0.00128. The van der Waals surface area contributed by atoms with Crippen molar-refractivity contribution in [3.63, 3.8) is 0 Å². The van der Waals surface area contributed by atoms with Gasteiger partial charge in [-0.05, 0) is 32.1 Å². The van der Waals surface area contributed by atoms with Crippen LogP contribution in [-0.4, -0.2) is 11.6 Å². The van der Waals surface area contributed by atoms with E-state index in [-0.39, 0.29) is 6.10 Å². The van der Waals surface area contributed by atoms with E-state index in [4.69, 9.17) is 9.15 Å². The molecule has 1 atom stereocenters. The van der Waals surface area contributed by atoms with Gasteiger partial charge in [0.15, 0.2) is 11.7 Å². The molecule has 0 spiro atoms. The molecule has 2 heterocycles. The van der Waals surface area contributed by atoms with Crippen LogP contribution in [0.2, 0.25) is 0 Å². The van der Waals surface area contributed by atoms with Gasteiger partial charge in [0.05, 0.1) is 6.20 Å². The lowest BCUT2D eigenvalue weighted by atomic mass is 10.1. The summed E-state index contributed by atoms with van der Waals surface area (Å²) in [4.78, 5) is 4.31. The van der Waals surface area contributed by atoms with Crippen LogP contribution < -0.4 is 0 Å². The predicted molar refractivity (Wildman–Crippen MR) is 51.0 cm³/mol. The SMILES string of the molecule is c1nc(C2CC2)oc1[C@@H]1CCCCO1. The van der Waals surface area contributed by atoms with E-state index in [0.717, 1.165) is 24.7 Å².